The van der Waals surface area contributed by atoms with E-state index in [0.29, 0.717) is 22.8 Å². The van der Waals surface area contributed by atoms with E-state index < -0.39 is 0 Å². The topological polar surface area (TPSA) is 55.1 Å². The summed E-state index contributed by atoms with van der Waals surface area (Å²) >= 11 is 5.92. The number of nitrogens with two attached hydrogens (primary N) is 1. The summed E-state index contributed by atoms with van der Waals surface area (Å²) in [4.78, 5) is 11.4. The normalized spacial score (nSPS) is 15.0. The third-order valence-corrected chi connectivity index (χ3v) is 2.57. The second kappa shape index (κ2) is 2.92. The molecule has 1 aromatic carbocycles. The molecule has 0 aromatic heterocycles. The number of hydrogen-bond donors (Lipinski definition) is 2. The van der Waals surface area contributed by atoms with Crippen LogP contribution in [-0.2, 0) is 6.42 Å². The SMILES string of the molecule is Nc1ccc2c(c1Cl)C(=O)NCC2. The van der Waals surface area contributed by atoms with E-state index >= 15 is 0 Å². The molecule has 0 radical (unpaired) electrons. The smallest absolute Gasteiger partial charge is 0.253 e. The molecule has 0 spiro atoms. The standard InChI is InChI=1S/C9H9ClN2O/c10-8-6(11)2-1-5-3-4-12-9(13)7(5)8/h1-2H,3-4,11H2,(H,12,13). The summed E-state index contributed by atoms with van der Waals surface area (Å²) < 4.78 is 0. The van der Waals surface area contributed by atoms with Gasteiger partial charge >= 0.3 is 0 Å². The Labute approximate surface area is 80.9 Å². The molecule has 3 nitrogen and oxygen atoms in total. The Kier molecular flexibility index (Phi) is 1.88. The molecule has 1 aliphatic heterocycles. The van der Waals surface area contributed by atoms with Crippen molar-refractivity contribution in [3.8, 4) is 0 Å². The van der Waals surface area contributed by atoms with Crippen LogP contribution in [0.15, 0.2) is 12.1 Å². The summed E-state index contributed by atoms with van der Waals surface area (Å²) in [5, 5.41) is 3.10. The first-order chi connectivity index (χ1) is 6.20. The first-order valence-corrected chi connectivity index (χ1v) is 4.43. The zero-order chi connectivity index (χ0) is 9.42. The minimum Gasteiger partial charge on any atom is -0.398 e. The lowest BCUT2D eigenvalue weighted by molar-refractivity contribution is 0.0946. The number of nitrogen functional groups attached to an aromatic ring is 1. The van der Waals surface area contributed by atoms with Gasteiger partial charge in [-0.05, 0) is 18.1 Å². The van der Waals surface area contributed by atoms with E-state index in [0.717, 1.165) is 12.0 Å². The molecule has 2 rings (SSSR count). The van der Waals surface area contributed by atoms with Crippen LogP contribution in [0.5, 0.6) is 0 Å². The second-order valence-corrected chi connectivity index (χ2v) is 3.39. The molecular weight excluding hydrogens is 188 g/mol. The lowest BCUT2D eigenvalue weighted by Gasteiger charge is -2.18. The highest BCUT2D eigenvalue weighted by Crippen LogP contribution is 2.28. The van der Waals surface area contributed by atoms with Crippen LogP contribution in [0.4, 0.5) is 5.69 Å². The molecule has 0 saturated carbocycles. The molecule has 1 heterocycles. The molecule has 3 N–H and O–H groups in total. The maximum absolute atomic E-state index is 11.4. The van der Waals surface area contributed by atoms with E-state index in [4.69, 9.17) is 17.3 Å². The lowest BCUT2D eigenvalue weighted by Crippen LogP contribution is -2.32. The molecule has 1 aliphatic rings. The summed E-state index contributed by atoms with van der Waals surface area (Å²) in [5.74, 6) is -0.126. The number of carbonyl (C=O) groups is 1. The van der Waals surface area contributed by atoms with Crippen LogP contribution in [0.1, 0.15) is 15.9 Å². The quantitative estimate of drug-likeness (QED) is 0.613. The Morgan fingerprint density at radius 3 is 3.00 bits per heavy atom. The van der Waals surface area contributed by atoms with Gasteiger partial charge in [0.1, 0.15) is 0 Å². The van der Waals surface area contributed by atoms with Gasteiger partial charge in [0.25, 0.3) is 5.91 Å². The molecule has 4 heteroatoms. The van der Waals surface area contributed by atoms with Crippen molar-refractivity contribution in [1.29, 1.82) is 0 Å². The number of fused-ring (bicyclic) bond motifs is 1. The number of anilines is 1. The minimum atomic E-state index is -0.126. The molecule has 1 amide bonds. The van der Waals surface area contributed by atoms with Gasteiger partial charge in [-0.2, -0.15) is 0 Å². The van der Waals surface area contributed by atoms with Crippen LogP contribution in [0.3, 0.4) is 0 Å². The first kappa shape index (κ1) is 8.38. The predicted molar refractivity (Wildman–Crippen MR) is 51.9 cm³/mol. The largest absolute Gasteiger partial charge is 0.398 e. The number of benzene rings is 1. The van der Waals surface area contributed by atoms with Crippen molar-refractivity contribution >= 4 is 23.2 Å². The molecule has 0 unspecified atom stereocenters. The number of nitrogens with one attached hydrogen (secondary N) is 1. The number of carbonyl (C=O) groups excluding carboxylic acids is 1. The molecule has 0 aliphatic carbocycles. The Bertz CT molecular complexity index is 376. The Hall–Kier alpha value is -1.22. The molecule has 0 fully saturated rings. The molecule has 0 saturated heterocycles. The van der Waals surface area contributed by atoms with Crippen LogP contribution in [0.25, 0.3) is 0 Å². The Morgan fingerprint density at radius 2 is 2.23 bits per heavy atom. The van der Waals surface area contributed by atoms with E-state index in [1.165, 1.54) is 0 Å². The van der Waals surface area contributed by atoms with Gasteiger partial charge in [-0.3, -0.25) is 4.79 Å². The first-order valence-electron chi connectivity index (χ1n) is 4.05. The highest BCUT2D eigenvalue weighted by molar-refractivity contribution is 6.36. The van der Waals surface area contributed by atoms with Crippen molar-refractivity contribution < 1.29 is 4.79 Å². The number of halogens is 1. The van der Waals surface area contributed by atoms with E-state index in [1.54, 1.807) is 6.07 Å². The van der Waals surface area contributed by atoms with Gasteiger partial charge in [0.05, 0.1) is 16.3 Å². The fourth-order valence-electron chi connectivity index (χ4n) is 1.49. The number of rotatable bonds is 0. The number of hydrogen-bond acceptors (Lipinski definition) is 2. The fraction of sp³-hybridized carbons (Fsp3) is 0.222. The Morgan fingerprint density at radius 1 is 1.46 bits per heavy atom. The average molecular weight is 197 g/mol. The van der Waals surface area contributed by atoms with Crippen molar-refractivity contribution in [3.63, 3.8) is 0 Å². The fourth-order valence-corrected chi connectivity index (χ4v) is 1.76. The molecule has 0 bridgehead atoms. The molecule has 1 aromatic rings. The van der Waals surface area contributed by atoms with Crippen molar-refractivity contribution in [2.45, 2.75) is 6.42 Å². The van der Waals surface area contributed by atoms with Gasteiger partial charge in [0.2, 0.25) is 0 Å². The summed E-state index contributed by atoms with van der Waals surface area (Å²) in [6, 6.07) is 3.59. The van der Waals surface area contributed by atoms with Crippen molar-refractivity contribution in [2.75, 3.05) is 12.3 Å². The van der Waals surface area contributed by atoms with Crippen molar-refractivity contribution in [1.82, 2.24) is 5.32 Å². The van der Waals surface area contributed by atoms with Crippen LogP contribution in [0, 0.1) is 0 Å². The zero-order valence-electron chi connectivity index (χ0n) is 6.93. The Balaban J connectivity index is 2.65. The van der Waals surface area contributed by atoms with E-state index in [2.05, 4.69) is 5.32 Å². The van der Waals surface area contributed by atoms with Gasteiger partial charge < -0.3 is 11.1 Å². The van der Waals surface area contributed by atoms with Crippen LogP contribution >= 0.6 is 11.6 Å². The third-order valence-electron chi connectivity index (χ3n) is 2.17. The highest BCUT2D eigenvalue weighted by atomic mass is 35.5. The average Bonchev–Trinajstić information content (AvgIpc) is 2.12. The zero-order valence-corrected chi connectivity index (χ0v) is 7.69. The van der Waals surface area contributed by atoms with E-state index in [-0.39, 0.29) is 5.91 Å². The number of amides is 1. The molecular formula is C9H9ClN2O. The van der Waals surface area contributed by atoms with Gasteiger partial charge in [-0.15, -0.1) is 0 Å². The van der Waals surface area contributed by atoms with Gasteiger partial charge in [0, 0.05) is 6.54 Å². The van der Waals surface area contributed by atoms with E-state index in [9.17, 15) is 4.79 Å². The van der Waals surface area contributed by atoms with E-state index in [1.807, 2.05) is 6.07 Å². The molecule has 0 atom stereocenters. The minimum absolute atomic E-state index is 0.126. The maximum atomic E-state index is 11.4. The molecule has 13 heavy (non-hydrogen) atoms. The maximum Gasteiger partial charge on any atom is 0.253 e. The third kappa shape index (κ3) is 1.25. The van der Waals surface area contributed by atoms with Gasteiger partial charge in [-0.1, -0.05) is 17.7 Å². The van der Waals surface area contributed by atoms with Crippen LogP contribution in [0.2, 0.25) is 5.02 Å². The monoisotopic (exact) mass is 196 g/mol. The van der Waals surface area contributed by atoms with Crippen molar-refractivity contribution in [2.24, 2.45) is 0 Å². The second-order valence-electron chi connectivity index (χ2n) is 3.01. The summed E-state index contributed by atoms with van der Waals surface area (Å²) in [5.41, 5.74) is 7.56. The summed E-state index contributed by atoms with van der Waals surface area (Å²) in [6.07, 6.45) is 0.821. The van der Waals surface area contributed by atoms with Crippen LogP contribution in [-0.4, -0.2) is 12.5 Å². The predicted octanol–water partition coefficient (Wildman–Crippen LogP) is 1.21. The van der Waals surface area contributed by atoms with Gasteiger partial charge in [-0.25, -0.2) is 0 Å². The summed E-state index contributed by atoms with van der Waals surface area (Å²) in [6.45, 7) is 0.673. The molecule has 68 valence electrons. The summed E-state index contributed by atoms with van der Waals surface area (Å²) in [7, 11) is 0. The lowest BCUT2D eigenvalue weighted by atomic mass is 10.00. The van der Waals surface area contributed by atoms with Gasteiger partial charge in [0.15, 0.2) is 0 Å². The van der Waals surface area contributed by atoms with Crippen molar-refractivity contribution in [3.05, 3.63) is 28.3 Å². The van der Waals surface area contributed by atoms with Crippen LogP contribution < -0.4 is 11.1 Å². The highest BCUT2D eigenvalue weighted by Gasteiger charge is 2.20.